The van der Waals surface area contributed by atoms with Crippen molar-refractivity contribution in [2.45, 2.75) is 26.7 Å². The Morgan fingerprint density at radius 1 is 1.07 bits per heavy atom. The summed E-state index contributed by atoms with van der Waals surface area (Å²) in [5, 5.41) is 3.20. The molecule has 0 aromatic heterocycles. The lowest BCUT2D eigenvalue weighted by Crippen LogP contribution is -2.44. The third kappa shape index (κ3) is 1.08. The Morgan fingerprint density at radius 2 is 1.50 bits per heavy atom. The molecule has 2 rings (SSSR count). The molecule has 1 aliphatic carbocycles. The topological polar surface area (TPSA) is 46.2 Å². The molecule has 2 atom stereocenters. The summed E-state index contributed by atoms with van der Waals surface area (Å²) in [5.74, 6) is 0.245. The highest BCUT2D eigenvalue weighted by Crippen LogP contribution is 2.44. The van der Waals surface area contributed by atoms with Crippen molar-refractivity contribution in [2.75, 3.05) is 13.1 Å². The largest absolute Gasteiger partial charge is 0.317 e. The Morgan fingerprint density at radius 3 is 1.93 bits per heavy atom. The van der Waals surface area contributed by atoms with Crippen molar-refractivity contribution >= 4 is 11.6 Å². The minimum atomic E-state index is -0.607. The van der Waals surface area contributed by atoms with E-state index in [1.807, 2.05) is 13.8 Å². The van der Waals surface area contributed by atoms with Crippen molar-refractivity contribution in [1.82, 2.24) is 5.32 Å². The van der Waals surface area contributed by atoms with Gasteiger partial charge < -0.3 is 5.32 Å². The van der Waals surface area contributed by atoms with E-state index in [0.717, 1.165) is 13.1 Å². The van der Waals surface area contributed by atoms with Crippen LogP contribution in [0.15, 0.2) is 0 Å². The molecule has 1 saturated heterocycles. The Balaban J connectivity index is 2.34. The van der Waals surface area contributed by atoms with Gasteiger partial charge in [-0.1, -0.05) is 13.8 Å². The third-order valence-corrected chi connectivity index (χ3v) is 3.98. The van der Waals surface area contributed by atoms with Crippen LogP contribution in [-0.4, -0.2) is 24.7 Å². The van der Waals surface area contributed by atoms with Crippen LogP contribution in [0.5, 0.6) is 0 Å². The van der Waals surface area contributed by atoms with Gasteiger partial charge in [0.2, 0.25) is 0 Å². The minimum absolute atomic E-state index is 0.0689. The van der Waals surface area contributed by atoms with E-state index in [4.69, 9.17) is 0 Å². The van der Waals surface area contributed by atoms with Crippen molar-refractivity contribution in [3.63, 3.8) is 0 Å². The van der Waals surface area contributed by atoms with Crippen LogP contribution in [0.1, 0.15) is 26.7 Å². The number of carbonyl (C=O) groups is 2. The van der Waals surface area contributed by atoms with Gasteiger partial charge in [0.25, 0.3) is 0 Å². The summed E-state index contributed by atoms with van der Waals surface area (Å²) in [6, 6.07) is 0. The summed E-state index contributed by atoms with van der Waals surface area (Å²) < 4.78 is 0. The van der Waals surface area contributed by atoms with Gasteiger partial charge in [-0.3, -0.25) is 9.59 Å². The predicted molar refractivity (Wildman–Crippen MR) is 52.9 cm³/mol. The fourth-order valence-corrected chi connectivity index (χ4v) is 2.79. The number of hydrogen-bond donors (Lipinski definition) is 1. The molecule has 1 aliphatic heterocycles. The van der Waals surface area contributed by atoms with Gasteiger partial charge in [-0.2, -0.15) is 0 Å². The van der Waals surface area contributed by atoms with E-state index in [1.165, 1.54) is 0 Å². The summed E-state index contributed by atoms with van der Waals surface area (Å²) in [6.07, 6.45) is 1.42. The highest BCUT2D eigenvalue weighted by Gasteiger charge is 2.56. The Hall–Kier alpha value is -0.700. The zero-order valence-corrected chi connectivity index (χ0v) is 8.80. The molecule has 0 amide bonds. The van der Waals surface area contributed by atoms with Crippen LogP contribution < -0.4 is 5.32 Å². The van der Waals surface area contributed by atoms with Gasteiger partial charge >= 0.3 is 0 Å². The Kier molecular flexibility index (Phi) is 2.22. The molecular weight excluding hydrogens is 178 g/mol. The zero-order chi connectivity index (χ0) is 10.3. The second-order valence-corrected chi connectivity index (χ2v) is 4.64. The van der Waals surface area contributed by atoms with Crippen LogP contribution >= 0.6 is 0 Å². The van der Waals surface area contributed by atoms with E-state index < -0.39 is 5.41 Å². The van der Waals surface area contributed by atoms with Crippen molar-refractivity contribution in [1.29, 1.82) is 0 Å². The lowest BCUT2D eigenvalue weighted by Gasteiger charge is -2.30. The number of carbonyl (C=O) groups excluding carboxylic acids is 2. The normalized spacial score (nSPS) is 36.7. The number of rotatable bonds is 0. The molecular formula is C11H17NO2. The first-order valence-electron chi connectivity index (χ1n) is 5.39. The first-order valence-corrected chi connectivity index (χ1v) is 5.39. The Labute approximate surface area is 84.2 Å². The molecule has 1 heterocycles. The van der Waals surface area contributed by atoms with Gasteiger partial charge in [-0.15, -0.1) is 0 Å². The fourth-order valence-electron chi connectivity index (χ4n) is 2.79. The first-order chi connectivity index (χ1) is 6.59. The molecule has 2 unspecified atom stereocenters. The zero-order valence-electron chi connectivity index (χ0n) is 8.80. The summed E-state index contributed by atoms with van der Waals surface area (Å²) >= 11 is 0. The van der Waals surface area contributed by atoms with Gasteiger partial charge in [-0.05, 0) is 25.9 Å². The number of piperidine rings is 1. The molecule has 3 heteroatoms. The molecule has 3 nitrogen and oxygen atoms in total. The van der Waals surface area contributed by atoms with E-state index in [0.29, 0.717) is 12.8 Å². The summed E-state index contributed by atoms with van der Waals surface area (Å²) in [5.41, 5.74) is -0.607. The molecule has 1 spiro atoms. The number of Topliss-reactive ketones (excluding diaryl/α,β-unsaturated/α-hetero) is 2. The number of ketones is 2. The average molecular weight is 195 g/mol. The predicted octanol–water partition coefficient (Wildman–Crippen LogP) is 0.780. The highest BCUT2D eigenvalue weighted by molar-refractivity contribution is 6.15. The molecule has 78 valence electrons. The summed E-state index contributed by atoms with van der Waals surface area (Å²) in [6.45, 7) is 5.39. The van der Waals surface area contributed by atoms with Crippen molar-refractivity contribution < 1.29 is 9.59 Å². The van der Waals surface area contributed by atoms with E-state index in [9.17, 15) is 9.59 Å². The molecule has 14 heavy (non-hydrogen) atoms. The van der Waals surface area contributed by atoms with Crippen LogP contribution in [0.25, 0.3) is 0 Å². The number of nitrogens with one attached hydrogen (secondary N) is 1. The molecule has 2 aliphatic rings. The second-order valence-electron chi connectivity index (χ2n) is 4.64. The molecule has 1 N–H and O–H groups in total. The minimum Gasteiger partial charge on any atom is -0.317 e. The molecule has 0 aromatic rings. The molecule has 0 radical (unpaired) electrons. The molecule has 2 fully saturated rings. The lowest BCUT2D eigenvalue weighted by atomic mass is 9.75. The third-order valence-electron chi connectivity index (χ3n) is 3.98. The van der Waals surface area contributed by atoms with Crippen LogP contribution in [-0.2, 0) is 9.59 Å². The van der Waals surface area contributed by atoms with E-state index >= 15 is 0 Å². The standard InChI is InChI=1S/C11H17NO2/c1-7-8(2)10(14)11(9(7)13)3-5-12-6-4-11/h7-8,12H,3-6H2,1-2H3. The van der Waals surface area contributed by atoms with Gasteiger partial charge in [0.15, 0.2) is 0 Å². The van der Waals surface area contributed by atoms with Crippen molar-refractivity contribution in [2.24, 2.45) is 17.3 Å². The van der Waals surface area contributed by atoms with Gasteiger partial charge in [0.1, 0.15) is 11.6 Å². The molecule has 1 saturated carbocycles. The van der Waals surface area contributed by atoms with Crippen LogP contribution in [0.3, 0.4) is 0 Å². The van der Waals surface area contributed by atoms with Crippen LogP contribution in [0.2, 0.25) is 0 Å². The van der Waals surface area contributed by atoms with Crippen molar-refractivity contribution in [3.8, 4) is 0 Å². The van der Waals surface area contributed by atoms with E-state index in [1.54, 1.807) is 0 Å². The monoisotopic (exact) mass is 195 g/mol. The number of hydrogen-bond acceptors (Lipinski definition) is 3. The van der Waals surface area contributed by atoms with Gasteiger partial charge in [-0.25, -0.2) is 0 Å². The highest BCUT2D eigenvalue weighted by atomic mass is 16.2. The van der Waals surface area contributed by atoms with Crippen molar-refractivity contribution in [3.05, 3.63) is 0 Å². The van der Waals surface area contributed by atoms with Gasteiger partial charge in [0.05, 0.1) is 5.41 Å². The second kappa shape index (κ2) is 3.16. The average Bonchev–Trinajstić information content (AvgIpc) is 2.37. The van der Waals surface area contributed by atoms with Gasteiger partial charge in [0, 0.05) is 11.8 Å². The van der Waals surface area contributed by atoms with E-state index in [-0.39, 0.29) is 23.4 Å². The van der Waals surface area contributed by atoms with Crippen LogP contribution in [0.4, 0.5) is 0 Å². The molecule has 0 bridgehead atoms. The molecule has 0 aromatic carbocycles. The fraction of sp³-hybridized carbons (Fsp3) is 0.818. The maximum atomic E-state index is 12.1. The lowest BCUT2D eigenvalue weighted by molar-refractivity contribution is -0.137. The SMILES string of the molecule is CC1C(=O)C2(CCNCC2)C(=O)C1C. The summed E-state index contributed by atoms with van der Waals surface area (Å²) in [7, 11) is 0. The Bertz CT molecular complexity index is 257. The first kappa shape index (κ1) is 9.84. The quantitative estimate of drug-likeness (QED) is 0.581. The van der Waals surface area contributed by atoms with E-state index in [2.05, 4.69) is 5.32 Å². The maximum Gasteiger partial charge on any atom is 0.150 e. The summed E-state index contributed by atoms with van der Waals surface area (Å²) in [4.78, 5) is 24.1. The maximum absolute atomic E-state index is 12.1. The smallest absolute Gasteiger partial charge is 0.150 e. The van der Waals surface area contributed by atoms with Crippen LogP contribution in [0, 0.1) is 17.3 Å².